The third-order valence-corrected chi connectivity index (χ3v) is 15.0. The van der Waals surface area contributed by atoms with E-state index in [1.165, 1.54) is 29.1 Å². The van der Waals surface area contributed by atoms with Gasteiger partial charge in [-0.05, 0) is 97.9 Å². The van der Waals surface area contributed by atoms with E-state index in [2.05, 4.69) is 36.1 Å². The molecule has 2 aliphatic carbocycles. The number of rotatable bonds is 7. The van der Waals surface area contributed by atoms with Crippen molar-refractivity contribution in [1.82, 2.24) is 19.4 Å². The van der Waals surface area contributed by atoms with Gasteiger partial charge in [-0.3, -0.25) is 28.7 Å². The van der Waals surface area contributed by atoms with Crippen molar-refractivity contribution in [3.63, 3.8) is 0 Å². The van der Waals surface area contributed by atoms with Crippen molar-refractivity contribution in [3.05, 3.63) is 82.0 Å². The Kier molecular flexibility index (Phi) is 12.6. The molecule has 2 fully saturated rings. The van der Waals surface area contributed by atoms with Gasteiger partial charge in [0.25, 0.3) is 11.8 Å². The summed E-state index contributed by atoms with van der Waals surface area (Å²) in [7, 11) is -0.657. The van der Waals surface area contributed by atoms with E-state index in [1.54, 1.807) is 25.2 Å². The molecule has 4 heterocycles. The van der Waals surface area contributed by atoms with E-state index in [-0.39, 0.29) is 58.3 Å². The van der Waals surface area contributed by atoms with Crippen LogP contribution in [0.15, 0.2) is 59.1 Å². The summed E-state index contributed by atoms with van der Waals surface area (Å²) < 4.78 is 46.9. The highest BCUT2D eigenvalue weighted by Gasteiger charge is 2.45. The Hall–Kier alpha value is -4.44. The van der Waals surface area contributed by atoms with Gasteiger partial charge in [-0.2, -0.15) is 0 Å². The van der Waals surface area contributed by atoms with Crippen LogP contribution in [0.1, 0.15) is 77.3 Å². The van der Waals surface area contributed by atoms with Gasteiger partial charge < -0.3 is 23.8 Å². The fraction of sp³-hybridized carbons (Fsp3) is 0.545. The first-order valence-electron chi connectivity index (χ1n) is 21.1. The highest BCUT2D eigenvalue weighted by molar-refractivity contribution is 7.92. The van der Waals surface area contributed by atoms with Gasteiger partial charge in [0, 0.05) is 67.9 Å². The first-order valence-corrected chi connectivity index (χ1v) is 23.1. The molecule has 14 nitrogen and oxygen atoms in total. The van der Waals surface area contributed by atoms with Crippen LogP contribution in [-0.4, -0.2) is 108 Å². The Balaban J connectivity index is 1.16. The van der Waals surface area contributed by atoms with Crippen LogP contribution in [0.5, 0.6) is 11.6 Å². The van der Waals surface area contributed by atoms with Crippen molar-refractivity contribution >= 4 is 45.0 Å². The molecule has 60 heavy (non-hydrogen) atoms. The molecule has 5 aliphatic rings. The van der Waals surface area contributed by atoms with Gasteiger partial charge in [0.2, 0.25) is 5.88 Å². The second kappa shape index (κ2) is 17.9. The van der Waals surface area contributed by atoms with Crippen molar-refractivity contribution in [2.24, 2.45) is 29.2 Å². The number of esters is 1. The minimum Gasteiger partial charge on any atom is -0.490 e. The summed E-state index contributed by atoms with van der Waals surface area (Å²) in [6.45, 7) is 7.11. The lowest BCUT2D eigenvalue weighted by Crippen LogP contribution is -2.50. The van der Waals surface area contributed by atoms with Gasteiger partial charge >= 0.3 is 5.97 Å². The first-order chi connectivity index (χ1) is 28.9. The molecule has 8 rings (SSSR count). The molecule has 1 saturated heterocycles. The minimum atomic E-state index is -3.69. The number of hydrogen-bond donors (Lipinski definition) is 1. The lowest BCUT2D eigenvalue weighted by Gasteiger charge is -2.46. The number of aryl methyl sites for hydroxylation is 2. The maximum absolute atomic E-state index is 14.8. The summed E-state index contributed by atoms with van der Waals surface area (Å²) in [5.74, 6) is -1.12. The summed E-state index contributed by atoms with van der Waals surface area (Å²) >= 11 is 6.50. The normalized spacial score (nSPS) is 28.8. The molecule has 1 saturated carbocycles. The average molecular weight is 863 g/mol. The number of amides is 2. The SMILES string of the molecule is COc1nn(C)cc1C(=O)NS1(=O)=NC(=O)c2ccc3c(c2)N(C[C@@H]2CC[C@H]2[C@@H](OC(=O)CCN2CCOCC2)/C=C\C[C@H](C)C1)C[C@@]1(CCCc2cc(Cl)ccc21)CO3. The van der Waals surface area contributed by atoms with E-state index in [4.69, 9.17) is 30.5 Å². The van der Waals surface area contributed by atoms with Crippen LogP contribution in [0, 0.1) is 17.8 Å². The van der Waals surface area contributed by atoms with E-state index in [0.717, 1.165) is 50.9 Å². The van der Waals surface area contributed by atoms with Crippen molar-refractivity contribution in [3.8, 4) is 11.6 Å². The molecule has 2 bridgehead atoms. The number of allylic oxidation sites excluding steroid dienone is 1. The van der Waals surface area contributed by atoms with Crippen LogP contribution >= 0.6 is 11.6 Å². The number of ether oxygens (including phenoxy) is 4. The number of fused-ring (bicyclic) bond motifs is 4. The van der Waals surface area contributed by atoms with Crippen molar-refractivity contribution in [2.75, 3.05) is 70.3 Å². The summed E-state index contributed by atoms with van der Waals surface area (Å²) in [5.41, 5.74) is 3.13. The Morgan fingerprint density at radius 2 is 1.97 bits per heavy atom. The number of carbonyl (C=O) groups is 3. The molecule has 1 aromatic heterocycles. The summed E-state index contributed by atoms with van der Waals surface area (Å²) in [5, 5.41) is 4.87. The third kappa shape index (κ3) is 9.24. The monoisotopic (exact) mass is 862 g/mol. The largest absolute Gasteiger partial charge is 0.490 e. The Morgan fingerprint density at radius 1 is 1.13 bits per heavy atom. The predicted molar refractivity (Wildman–Crippen MR) is 228 cm³/mol. The molecule has 1 spiro atoms. The number of morpholine rings is 1. The number of aromatic nitrogens is 2. The molecule has 2 aromatic carbocycles. The zero-order valence-corrected chi connectivity index (χ0v) is 36.2. The number of hydrogen-bond acceptors (Lipinski definition) is 11. The van der Waals surface area contributed by atoms with Crippen molar-refractivity contribution in [1.29, 1.82) is 0 Å². The molecule has 322 valence electrons. The first kappa shape index (κ1) is 42.3. The lowest BCUT2D eigenvalue weighted by molar-refractivity contribution is -0.152. The number of nitrogens with zero attached hydrogens (tertiary/aromatic N) is 5. The Labute approximate surface area is 357 Å². The fourth-order valence-electron chi connectivity index (χ4n) is 9.50. The van der Waals surface area contributed by atoms with Gasteiger partial charge in [0.15, 0.2) is 0 Å². The fourth-order valence-corrected chi connectivity index (χ4v) is 11.6. The second-order valence-corrected chi connectivity index (χ2v) is 19.5. The number of carbonyl (C=O) groups excluding carboxylic acids is 3. The van der Waals surface area contributed by atoms with Gasteiger partial charge in [-0.1, -0.05) is 30.7 Å². The zero-order chi connectivity index (χ0) is 42.0. The van der Waals surface area contributed by atoms with Gasteiger partial charge in [-0.25, -0.2) is 4.21 Å². The molecular weight excluding hydrogens is 808 g/mol. The molecule has 3 aromatic rings. The van der Waals surface area contributed by atoms with E-state index in [0.29, 0.717) is 56.6 Å². The highest BCUT2D eigenvalue weighted by atomic mass is 35.5. The number of methoxy groups -OCH3 is 1. The van der Waals surface area contributed by atoms with Crippen molar-refractivity contribution < 1.29 is 37.5 Å². The second-order valence-electron chi connectivity index (χ2n) is 17.1. The zero-order valence-electron chi connectivity index (χ0n) is 34.6. The molecular formula is C44H55ClN6O8S. The summed E-state index contributed by atoms with van der Waals surface area (Å²) in [6.07, 6.45) is 10.4. The van der Waals surface area contributed by atoms with Crippen molar-refractivity contribution in [2.45, 2.75) is 63.4 Å². The van der Waals surface area contributed by atoms with Crippen LogP contribution in [0.3, 0.4) is 0 Å². The molecule has 1 unspecified atom stereocenters. The topological polar surface area (TPSA) is 154 Å². The minimum absolute atomic E-state index is 0.0562. The van der Waals surface area contributed by atoms with Gasteiger partial charge in [0.1, 0.15) is 27.3 Å². The maximum Gasteiger partial charge on any atom is 0.307 e. The number of anilines is 1. The summed E-state index contributed by atoms with van der Waals surface area (Å²) in [6, 6.07) is 11.4. The summed E-state index contributed by atoms with van der Waals surface area (Å²) in [4.78, 5) is 45.9. The van der Waals surface area contributed by atoms with E-state index in [1.807, 2.05) is 25.1 Å². The number of halogens is 1. The Bertz CT molecular complexity index is 2270. The maximum atomic E-state index is 14.8. The van der Waals surface area contributed by atoms with Crippen LogP contribution in [0.25, 0.3) is 0 Å². The molecule has 16 heteroatoms. The van der Waals surface area contributed by atoms with E-state index >= 15 is 0 Å². The Morgan fingerprint density at radius 3 is 2.75 bits per heavy atom. The van der Waals surface area contributed by atoms with Crippen LogP contribution in [0.2, 0.25) is 5.02 Å². The smallest absolute Gasteiger partial charge is 0.307 e. The molecule has 2 amide bonds. The van der Waals surface area contributed by atoms with E-state index in [9.17, 15) is 18.6 Å². The predicted octanol–water partition coefficient (Wildman–Crippen LogP) is 5.76. The molecule has 0 radical (unpaired) electrons. The molecule has 1 N–H and O–H groups in total. The number of nitrogens with one attached hydrogen (secondary N) is 1. The average Bonchev–Trinajstić information content (AvgIpc) is 3.53. The van der Waals surface area contributed by atoms with Gasteiger partial charge in [-0.15, -0.1) is 9.46 Å². The molecule has 3 aliphatic heterocycles. The van der Waals surface area contributed by atoms with Crippen LogP contribution in [0.4, 0.5) is 5.69 Å². The van der Waals surface area contributed by atoms with E-state index < -0.39 is 27.8 Å². The van der Waals surface area contributed by atoms with Crippen LogP contribution < -0.4 is 19.1 Å². The standard InChI is InChI=1S/C44H55ClN6O8S/c1-29-6-4-8-38(59-40(52)15-17-50-18-20-57-21-19-50)34-12-9-32(34)24-51-27-44(16-5-7-30-22-33(45)11-13-36(30)44)28-58-39-14-10-31(23-37(39)51)41(53)47-60(55,26-29)48-42(54)35-25-49(2)46-43(35)56-3/h4,8,10-11,13-14,22-23,25,29,32,34,38H,5-7,9,12,15-21,24,26-28H2,1-3H3,(H,47,48,53,54,55)/b8-4-/t29-,32-,34+,38-,44-,60?/m0/s1. The third-order valence-electron chi connectivity index (χ3n) is 12.7. The number of benzene rings is 2. The van der Waals surface area contributed by atoms with Crippen LogP contribution in [-0.2, 0) is 43.1 Å². The van der Waals surface area contributed by atoms with Gasteiger partial charge in [0.05, 0.1) is 44.8 Å². The quantitative estimate of drug-likeness (QED) is 0.228. The molecule has 6 atom stereocenters. The highest BCUT2D eigenvalue weighted by Crippen LogP contribution is 2.47. The lowest BCUT2D eigenvalue weighted by atomic mass is 9.68.